The topological polar surface area (TPSA) is 84.3 Å². The molecule has 0 aliphatic rings. The van der Waals surface area contributed by atoms with Crippen molar-refractivity contribution in [2.45, 2.75) is 6.92 Å². The Labute approximate surface area is 142 Å². The van der Waals surface area contributed by atoms with Crippen LogP contribution in [-0.4, -0.2) is 17.4 Å². The molecule has 2 rings (SSSR count). The van der Waals surface area contributed by atoms with Gasteiger partial charge in [0.1, 0.15) is 0 Å². The molecule has 2 aromatic rings. The molecule has 0 aliphatic carbocycles. The van der Waals surface area contributed by atoms with E-state index < -0.39 is 4.92 Å². The Balaban J connectivity index is 1.99. The number of benzene rings is 2. The van der Waals surface area contributed by atoms with Crippen molar-refractivity contribution in [3.63, 3.8) is 0 Å². The van der Waals surface area contributed by atoms with Crippen LogP contribution in [0.25, 0.3) is 0 Å². The molecule has 0 radical (unpaired) electrons. The van der Waals surface area contributed by atoms with Crippen molar-refractivity contribution in [2.24, 2.45) is 0 Å². The first kappa shape index (κ1) is 17.1. The van der Waals surface area contributed by atoms with E-state index in [1.807, 2.05) is 0 Å². The Hall–Kier alpha value is -2.31. The van der Waals surface area contributed by atoms with Gasteiger partial charge >= 0.3 is 0 Å². The molecule has 0 aromatic heterocycles. The summed E-state index contributed by atoms with van der Waals surface area (Å²) in [6.07, 6.45) is 0. The summed E-state index contributed by atoms with van der Waals surface area (Å²) in [6, 6.07) is 9.22. The van der Waals surface area contributed by atoms with E-state index in [1.54, 1.807) is 25.1 Å². The summed E-state index contributed by atoms with van der Waals surface area (Å²) in [6.45, 7) is 1.77. The molecule has 1 amide bonds. The lowest BCUT2D eigenvalue weighted by molar-refractivity contribution is -0.384. The van der Waals surface area contributed by atoms with E-state index >= 15 is 0 Å². The third-order valence-corrected chi connectivity index (χ3v) is 3.87. The van der Waals surface area contributed by atoms with Gasteiger partial charge < -0.3 is 10.6 Å². The van der Waals surface area contributed by atoms with Crippen molar-refractivity contribution in [1.29, 1.82) is 0 Å². The number of carbonyl (C=O) groups is 1. The van der Waals surface area contributed by atoms with Gasteiger partial charge in [-0.25, -0.2) is 0 Å². The van der Waals surface area contributed by atoms with Crippen LogP contribution in [-0.2, 0) is 4.79 Å². The number of nitrogens with zero attached hydrogens (tertiary/aromatic N) is 1. The van der Waals surface area contributed by atoms with Crippen LogP contribution in [0.15, 0.2) is 36.4 Å². The molecular formula is C15H13Cl2N3O3. The first-order valence-electron chi connectivity index (χ1n) is 6.61. The van der Waals surface area contributed by atoms with E-state index in [-0.39, 0.29) is 23.2 Å². The highest BCUT2D eigenvalue weighted by Gasteiger charge is 2.11. The highest BCUT2D eigenvalue weighted by molar-refractivity contribution is 6.33. The Morgan fingerprint density at radius 1 is 1.17 bits per heavy atom. The standard InChI is InChI=1S/C15H13Cl2N3O3/c1-9-11(16)3-2-4-13(9)19-15(21)8-18-14-6-5-10(20(22)23)7-12(14)17/h2-7,18H,8H2,1H3,(H,19,21). The fraction of sp³-hybridized carbons (Fsp3) is 0.133. The molecule has 2 aromatic carbocycles. The van der Waals surface area contributed by atoms with Crippen LogP contribution < -0.4 is 10.6 Å². The Morgan fingerprint density at radius 2 is 1.91 bits per heavy atom. The van der Waals surface area contributed by atoms with Gasteiger partial charge in [0.15, 0.2) is 0 Å². The molecule has 0 atom stereocenters. The van der Waals surface area contributed by atoms with E-state index in [4.69, 9.17) is 23.2 Å². The largest absolute Gasteiger partial charge is 0.375 e. The van der Waals surface area contributed by atoms with Crippen LogP contribution in [0, 0.1) is 17.0 Å². The number of anilines is 2. The average molecular weight is 354 g/mol. The second-order valence-corrected chi connectivity index (χ2v) is 5.55. The van der Waals surface area contributed by atoms with Crippen molar-refractivity contribution in [1.82, 2.24) is 0 Å². The quantitative estimate of drug-likeness (QED) is 0.621. The van der Waals surface area contributed by atoms with Crippen LogP contribution in [0.1, 0.15) is 5.56 Å². The van der Waals surface area contributed by atoms with Gasteiger partial charge in [-0.2, -0.15) is 0 Å². The molecule has 0 fully saturated rings. The molecule has 0 bridgehead atoms. The molecule has 0 aliphatic heterocycles. The predicted octanol–water partition coefficient (Wildman–Crippen LogP) is 4.26. The van der Waals surface area contributed by atoms with E-state index in [0.29, 0.717) is 16.4 Å². The number of nitro benzene ring substituents is 1. The third kappa shape index (κ3) is 4.34. The highest BCUT2D eigenvalue weighted by atomic mass is 35.5. The number of nitro groups is 1. The second-order valence-electron chi connectivity index (χ2n) is 4.74. The van der Waals surface area contributed by atoms with E-state index in [0.717, 1.165) is 5.56 Å². The van der Waals surface area contributed by atoms with Crippen LogP contribution >= 0.6 is 23.2 Å². The molecule has 2 N–H and O–H groups in total. The van der Waals surface area contributed by atoms with Gasteiger partial charge in [0.05, 0.1) is 22.2 Å². The minimum absolute atomic E-state index is 0.0382. The number of rotatable bonds is 5. The number of carbonyl (C=O) groups excluding carboxylic acids is 1. The monoisotopic (exact) mass is 353 g/mol. The van der Waals surface area contributed by atoms with E-state index in [1.165, 1.54) is 18.2 Å². The predicted molar refractivity (Wildman–Crippen MR) is 91.4 cm³/mol. The first-order chi connectivity index (χ1) is 10.9. The molecule has 6 nitrogen and oxygen atoms in total. The summed E-state index contributed by atoms with van der Waals surface area (Å²) in [5.74, 6) is -0.287. The smallest absolute Gasteiger partial charge is 0.271 e. The summed E-state index contributed by atoms with van der Waals surface area (Å²) in [5.41, 5.74) is 1.73. The number of amides is 1. The minimum Gasteiger partial charge on any atom is -0.375 e. The third-order valence-electron chi connectivity index (χ3n) is 3.14. The Bertz CT molecular complexity index is 766. The maximum Gasteiger partial charge on any atom is 0.271 e. The zero-order valence-electron chi connectivity index (χ0n) is 12.1. The fourth-order valence-electron chi connectivity index (χ4n) is 1.87. The summed E-state index contributed by atoms with van der Waals surface area (Å²) in [4.78, 5) is 22.1. The molecule has 0 saturated carbocycles. The molecule has 120 valence electrons. The van der Waals surface area contributed by atoms with Crippen molar-refractivity contribution >= 4 is 46.2 Å². The molecular weight excluding hydrogens is 341 g/mol. The van der Waals surface area contributed by atoms with Gasteiger partial charge in [0.25, 0.3) is 5.69 Å². The van der Waals surface area contributed by atoms with Gasteiger partial charge in [-0.15, -0.1) is 0 Å². The summed E-state index contributed by atoms with van der Waals surface area (Å²) in [7, 11) is 0. The van der Waals surface area contributed by atoms with Crippen molar-refractivity contribution in [2.75, 3.05) is 17.2 Å². The number of hydrogen-bond donors (Lipinski definition) is 2. The summed E-state index contributed by atoms with van der Waals surface area (Å²) >= 11 is 11.9. The second kappa shape index (κ2) is 7.30. The van der Waals surface area contributed by atoms with Gasteiger partial charge in [-0.1, -0.05) is 29.3 Å². The number of nitrogens with one attached hydrogen (secondary N) is 2. The minimum atomic E-state index is -0.537. The van der Waals surface area contributed by atoms with E-state index in [9.17, 15) is 14.9 Å². The summed E-state index contributed by atoms with van der Waals surface area (Å²) < 4.78 is 0. The maximum atomic E-state index is 12.0. The van der Waals surface area contributed by atoms with Crippen molar-refractivity contribution in [3.05, 3.63) is 62.1 Å². The van der Waals surface area contributed by atoms with Gasteiger partial charge in [-0.05, 0) is 30.7 Å². The van der Waals surface area contributed by atoms with Crippen LogP contribution in [0.5, 0.6) is 0 Å². The molecule has 0 spiro atoms. The zero-order valence-corrected chi connectivity index (χ0v) is 13.6. The normalized spacial score (nSPS) is 10.2. The molecule has 0 saturated heterocycles. The van der Waals surface area contributed by atoms with Gasteiger partial charge in [0.2, 0.25) is 5.91 Å². The average Bonchev–Trinajstić information content (AvgIpc) is 2.50. The van der Waals surface area contributed by atoms with Crippen LogP contribution in [0.4, 0.5) is 17.1 Å². The number of halogens is 2. The molecule has 23 heavy (non-hydrogen) atoms. The molecule has 8 heteroatoms. The van der Waals surface area contributed by atoms with Gasteiger partial charge in [0, 0.05) is 22.8 Å². The van der Waals surface area contributed by atoms with Gasteiger partial charge in [-0.3, -0.25) is 14.9 Å². The van der Waals surface area contributed by atoms with Crippen LogP contribution in [0.2, 0.25) is 10.0 Å². The fourth-order valence-corrected chi connectivity index (χ4v) is 2.29. The van der Waals surface area contributed by atoms with Crippen molar-refractivity contribution < 1.29 is 9.72 Å². The number of hydrogen-bond acceptors (Lipinski definition) is 4. The molecule has 0 unspecified atom stereocenters. The zero-order chi connectivity index (χ0) is 17.0. The Morgan fingerprint density at radius 3 is 2.57 bits per heavy atom. The number of non-ortho nitro benzene ring substituents is 1. The van der Waals surface area contributed by atoms with E-state index in [2.05, 4.69) is 10.6 Å². The van der Waals surface area contributed by atoms with Crippen molar-refractivity contribution in [3.8, 4) is 0 Å². The SMILES string of the molecule is Cc1c(Cl)cccc1NC(=O)CNc1ccc([N+](=O)[O-])cc1Cl. The lowest BCUT2D eigenvalue weighted by atomic mass is 10.2. The maximum absolute atomic E-state index is 12.0. The molecule has 0 heterocycles. The summed E-state index contributed by atoms with van der Waals surface area (Å²) in [5, 5.41) is 16.9. The lowest BCUT2D eigenvalue weighted by Crippen LogP contribution is -2.22. The first-order valence-corrected chi connectivity index (χ1v) is 7.37. The highest BCUT2D eigenvalue weighted by Crippen LogP contribution is 2.26. The Kier molecular flexibility index (Phi) is 5.41. The lowest BCUT2D eigenvalue weighted by Gasteiger charge is -2.11. The van der Waals surface area contributed by atoms with Crippen LogP contribution in [0.3, 0.4) is 0 Å².